The normalized spacial score (nSPS) is 17.5. The third kappa shape index (κ3) is 5.40. The monoisotopic (exact) mass is 426 g/mol. The van der Waals surface area contributed by atoms with Gasteiger partial charge in [0, 0.05) is 35.9 Å². The minimum absolute atomic E-state index is 0.0619. The number of ether oxygens (including phenoxy) is 1. The Kier molecular flexibility index (Phi) is 6.34. The molecule has 1 saturated heterocycles. The van der Waals surface area contributed by atoms with Crippen LogP contribution in [-0.2, 0) is 25.5 Å². The van der Waals surface area contributed by atoms with E-state index in [1.165, 1.54) is 0 Å². The van der Waals surface area contributed by atoms with Gasteiger partial charge in [-0.15, -0.1) is 0 Å². The summed E-state index contributed by atoms with van der Waals surface area (Å²) >= 11 is 0. The van der Waals surface area contributed by atoms with Crippen LogP contribution in [0.1, 0.15) is 58.4 Å². The predicted molar refractivity (Wildman–Crippen MR) is 115 cm³/mol. The molecular formula is C24H30N2O5. The summed E-state index contributed by atoms with van der Waals surface area (Å²) in [6.45, 7) is 9.11. The molecule has 0 atom stereocenters. The molecule has 7 heteroatoms. The fraction of sp³-hybridized carbons (Fsp3) is 0.500. The van der Waals surface area contributed by atoms with E-state index in [4.69, 9.17) is 9.15 Å². The van der Waals surface area contributed by atoms with E-state index in [2.05, 4.69) is 4.98 Å². The largest absolute Gasteiger partial charge is 0.456 e. The van der Waals surface area contributed by atoms with Crippen molar-refractivity contribution < 1.29 is 23.5 Å². The smallest absolute Gasteiger partial charge is 0.306 e. The number of oxazole rings is 1. The first-order valence-electron chi connectivity index (χ1n) is 10.5. The molecule has 1 aromatic carbocycles. The zero-order chi connectivity index (χ0) is 22.8. The van der Waals surface area contributed by atoms with Gasteiger partial charge in [-0.25, -0.2) is 4.98 Å². The molecule has 1 aromatic heterocycles. The van der Waals surface area contributed by atoms with E-state index in [1.807, 2.05) is 58.9 Å². The number of hydrogen-bond acceptors (Lipinski definition) is 6. The number of hydrogen-bond donors (Lipinski definition) is 0. The van der Waals surface area contributed by atoms with Crippen LogP contribution in [0.2, 0.25) is 0 Å². The summed E-state index contributed by atoms with van der Waals surface area (Å²) in [4.78, 5) is 42.9. The lowest BCUT2D eigenvalue weighted by Gasteiger charge is -2.51. The van der Waals surface area contributed by atoms with E-state index < -0.39 is 17.0 Å². The maximum atomic E-state index is 12.8. The zero-order valence-electron chi connectivity index (χ0n) is 18.9. The molecular weight excluding hydrogens is 396 g/mol. The summed E-state index contributed by atoms with van der Waals surface area (Å²) in [6.07, 6.45) is 2.57. The van der Waals surface area contributed by atoms with Crippen LogP contribution in [0.15, 0.2) is 34.9 Å². The Labute approximate surface area is 182 Å². The number of esters is 1. The lowest BCUT2D eigenvalue weighted by atomic mass is 9.79. The number of Topliss-reactive ketones (excluding diaryl/α,β-unsaturated/α-hetero) is 1. The van der Waals surface area contributed by atoms with Gasteiger partial charge in [-0.05, 0) is 34.6 Å². The molecule has 2 heterocycles. The highest BCUT2D eigenvalue weighted by molar-refractivity contribution is 5.88. The minimum Gasteiger partial charge on any atom is -0.456 e. The van der Waals surface area contributed by atoms with Crippen molar-refractivity contribution in [2.45, 2.75) is 71.4 Å². The van der Waals surface area contributed by atoms with E-state index in [0.29, 0.717) is 24.5 Å². The Balaban J connectivity index is 1.52. The minimum atomic E-state index is -0.618. The summed E-state index contributed by atoms with van der Waals surface area (Å²) in [5, 5.41) is 0. The second-order valence-corrected chi connectivity index (χ2v) is 9.39. The quantitative estimate of drug-likeness (QED) is 0.652. The van der Waals surface area contributed by atoms with Gasteiger partial charge in [0.2, 0.25) is 0 Å². The molecule has 0 spiro atoms. The number of benzene rings is 1. The standard InChI is InChI=1S/C24H30N2O5/c1-16-6-8-17(9-7-16)19-14-25-20(31-19)10-11-22(29)30-15-21(28)26-23(2,3)12-18(27)13-24(26,4)5/h6-9,14H,10-13,15H2,1-5H3. The molecule has 1 aliphatic heterocycles. The fourth-order valence-corrected chi connectivity index (χ4v) is 4.45. The zero-order valence-corrected chi connectivity index (χ0v) is 18.9. The Bertz CT molecular complexity index is 952. The van der Waals surface area contributed by atoms with Crippen LogP contribution in [0.25, 0.3) is 11.3 Å². The van der Waals surface area contributed by atoms with Gasteiger partial charge in [0.1, 0.15) is 5.78 Å². The highest BCUT2D eigenvalue weighted by Gasteiger charge is 2.47. The Morgan fingerprint density at radius 1 is 1.10 bits per heavy atom. The van der Waals surface area contributed by atoms with Crippen LogP contribution in [0, 0.1) is 6.92 Å². The number of likely N-dealkylation sites (tertiary alicyclic amines) is 1. The average molecular weight is 427 g/mol. The molecule has 0 radical (unpaired) electrons. The number of ketones is 1. The van der Waals surface area contributed by atoms with Crippen molar-refractivity contribution in [3.63, 3.8) is 0 Å². The Morgan fingerprint density at radius 3 is 2.32 bits per heavy atom. The van der Waals surface area contributed by atoms with Crippen molar-refractivity contribution in [3.05, 3.63) is 41.9 Å². The van der Waals surface area contributed by atoms with Crippen LogP contribution in [0.3, 0.4) is 0 Å². The highest BCUT2D eigenvalue weighted by Crippen LogP contribution is 2.36. The molecule has 3 rings (SSSR count). The van der Waals surface area contributed by atoms with E-state index >= 15 is 0 Å². The van der Waals surface area contributed by atoms with E-state index in [-0.39, 0.29) is 31.1 Å². The molecule has 0 aliphatic carbocycles. The second kappa shape index (κ2) is 8.65. The summed E-state index contributed by atoms with van der Waals surface area (Å²) in [5.74, 6) is 0.422. The van der Waals surface area contributed by atoms with Crippen molar-refractivity contribution in [2.75, 3.05) is 6.61 Å². The molecule has 0 bridgehead atoms. The maximum Gasteiger partial charge on any atom is 0.306 e. The molecule has 0 unspecified atom stereocenters. The maximum absolute atomic E-state index is 12.8. The number of carbonyl (C=O) groups excluding carboxylic acids is 3. The lowest BCUT2D eigenvalue weighted by Crippen LogP contribution is -2.63. The average Bonchev–Trinajstić information content (AvgIpc) is 3.12. The van der Waals surface area contributed by atoms with E-state index in [9.17, 15) is 14.4 Å². The van der Waals surface area contributed by atoms with Crippen LogP contribution in [-0.4, -0.2) is 45.2 Å². The highest BCUT2D eigenvalue weighted by atomic mass is 16.5. The summed E-state index contributed by atoms with van der Waals surface area (Å²) in [7, 11) is 0. The molecule has 0 saturated carbocycles. The third-order valence-corrected chi connectivity index (χ3v) is 5.51. The number of aromatic nitrogens is 1. The molecule has 1 amide bonds. The Hall–Kier alpha value is -2.96. The second-order valence-electron chi connectivity index (χ2n) is 9.39. The van der Waals surface area contributed by atoms with Gasteiger partial charge in [0.15, 0.2) is 18.3 Å². The summed E-state index contributed by atoms with van der Waals surface area (Å²) in [6, 6.07) is 7.90. The first-order chi connectivity index (χ1) is 14.5. The van der Waals surface area contributed by atoms with E-state index in [0.717, 1.165) is 11.1 Å². The first kappa shape index (κ1) is 22.7. The van der Waals surface area contributed by atoms with Crippen LogP contribution in [0.5, 0.6) is 0 Å². The van der Waals surface area contributed by atoms with Crippen LogP contribution in [0.4, 0.5) is 0 Å². The van der Waals surface area contributed by atoms with Crippen molar-refractivity contribution >= 4 is 17.7 Å². The number of rotatable bonds is 6. The first-order valence-corrected chi connectivity index (χ1v) is 10.5. The van der Waals surface area contributed by atoms with Gasteiger partial charge in [-0.2, -0.15) is 0 Å². The molecule has 166 valence electrons. The van der Waals surface area contributed by atoms with Gasteiger partial charge in [-0.1, -0.05) is 29.8 Å². The number of aryl methyl sites for hydroxylation is 2. The molecule has 31 heavy (non-hydrogen) atoms. The van der Waals surface area contributed by atoms with Gasteiger partial charge in [0.25, 0.3) is 5.91 Å². The van der Waals surface area contributed by atoms with Crippen molar-refractivity contribution in [2.24, 2.45) is 0 Å². The number of carbonyl (C=O) groups is 3. The molecule has 1 fully saturated rings. The lowest BCUT2D eigenvalue weighted by molar-refractivity contribution is -0.163. The van der Waals surface area contributed by atoms with Crippen molar-refractivity contribution in [1.82, 2.24) is 9.88 Å². The SMILES string of the molecule is Cc1ccc(-c2cnc(CCC(=O)OCC(=O)N3C(C)(C)CC(=O)CC3(C)C)o2)cc1. The van der Waals surface area contributed by atoms with E-state index in [1.54, 1.807) is 11.1 Å². The topological polar surface area (TPSA) is 89.7 Å². The molecule has 7 nitrogen and oxygen atoms in total. The van der Waals surface area contributed by atoms with Gasteiger partial charge in [-0.3, -0.25) is 14.4 Å². The molecule has 1 aliphatic rings. The number of amides is 1. The predicted octanol–water partition coefficient (Wildman–Crippen LogP) is 3.87. The van der Waals surface area contributed by atoms with Crippen molar-refractivity contribution in [1.29, 1.82) is 0 Å². The molecule has 0 N–H and O–H groups in total. The van der Waals surface area contributed by atoms with Crippen LogP contribution < -0.4 is 0 Å². The number of nitrogens with zero attached hydrogens (tertiary/aromatic N) is 2. The summed E-state index contributed by atoms with van der Waals surface area (Å²) in [5.41, 5.74) is 0.839. The van der Waals surface area contributed by atoms with Gasteiger partial charge < -0.3 is 14.1 Å². The van der Waals surface area contributed by atoms with Crippen molar-refractivity contribution in [3.8, 4) is 11.3 Å². The number of piperidine rings is 1. The fourth-order valence-electron chi connectivity index (χ4n) is 4.45. The van der Waals surface area contributed by atoms with Gasteiger partial charge in [0.05, 0.1) is 12.6 Å². The van der Waals surface area contributed by atoms with Crippen LogP contribution >= 0.6 is 0 Å². The van der Waals surface area contributed by atoms with Gasteiger partial charge >= 0.3 is 5.97 Å². The summed E-state index contributed by atoms with van der Waals surface area (Å²) < 4.78 is 10.9. The molecule has 2 aromatic rings. The third-order valence-electron chi connectivity index (χ3n) is 5.51. The Morgan fingerprint density at radius 2 is 1.71 bits per heavy atom.